The number of amides is 1. The second kappa shape index (κ2) is 10.5. The number of hydrogen-bond donors (Lipinski definition) is 1. The van der Waals surface area contributed by atoms with E-state index >= 15 is 0 Å². The van der Waals surface area contributed by atoms with Gasteiger partial charge < -0.3 is 14.8 Å². The average molecular weight is 301 g/mol. The van der Waals surface area contributed by atoms with Crippen molar-refractivity contribution in [2.45, 2.75) is 84.8 Å². The number of carbonyl (C=O) groups is 2. The number of alkyl carbamates (subject to hydrolysis) is 1. The lowest BCUT2D eigenvalue weighted by Crippen LogP contribution is -2.42. The summed E-state index contributed by atoms with van der Waals surface area (Å²) < 4.78 is 10.2. The fourth-order valence-electron chi connectivity index (χ4n) is 1.72. The van der Waals surface area contributed by atoms with Gasteiger partial charge in [0.05, 0.1) is 6.61 Å². The van der Waals surface area contributed by atoms with Crippen molar-refractivity contribution in [3.63, 3.8) is 0 Å². The van der Waals surface area contributed by atoms with Crippen molar-refractivity contribution in [1.82, 2.24) is 5.32 Å². The topological polar surface area (TPSA) is 64.6 Å². The molecule has 0 fully saturated rings. The van der Waals surface area contributed by atoms with Crippen LogP contribution in [0.5, 0.6) is 0 Å². The number of nitrogens with one attached hydrogen (secondary N) is 1. The summed E-state index contributed by atoms with van der Waals surface area (Å²) in [6.45, 7) is 9.50. The highest BCUT2D eigenvalue weighted by Gasteiger charge is 2.21. The van der Waals surface area contributed by atoms with Crippen LogP contribution in [0.3, 0.4) is 0 Å². The Morgan fingerprint density at radius 2 is 1.62 bits per heavy atom. The van der Waals surface area contributed by atoms with Crippen LogP contribution in [0, 0.1) is 0 Å². The van der Waals surface area contributed by atoms with Crippen LogP contribution in [-0.4, -0.2) is 30.3 Å². The maximum Gasteiger partial charge on any atom is 0.408 e. The van der Waals surface area contributed by atoms with Gasteiger partial charge in [-0.05, 0) is 34.1 Å². The third kappa shape index (κ3) is 12.2. The van der Waals surface area contributed by atoms with Crippen LogP contribution in [0.15, 0.2) is 0 Å². The smallest absolute Gasteiger partial charge is 0.408 e. The molecule has 0 aromatic rings. The van der Waals surface area contributed by atoms with Gasteiger partial charge in [-0.3, -0.25) is 0 Å². The van der Waals surface area contributed by atoms with Gasteiger partial charge in [0.1, 0.15) is 11.6 Å². The summed E-state index contributed by atoms with van der Waals surface area (Å²) in [5.41, 5.74) is -0.577. The Bertz CT molecular complexity index is 310. The van der Waals surface area contributed by atoms with Gasteiger partial charge in [0.2, 0.25) is 0 Å². The van der Waals surface area contributed by atoms with E-state index in [4.69, 9.17) is 9.47 Å². The summed E-state index contributed by atoms with van der Waals surface area (Å²) in [6.07, 6.45) is 6.24. The molecule has 0 rings (SSSR count). The average Bonchev–Trinajstić information content (AvgIpc) is 2.34. The molecular weight excluding hydrogens is 270 g/mol. The zero-order valence-corrected chi connectivity index (χ0v) is 14.2. The van der Waals surface area contributed by atoms with E-state index in [1.54, 1.807) is 27.7 Å². The fourth-order valence-corrected chi connectivity index (χ4v) is 1.72. The molecule has 0 radical (unpaired) electrons. The third-order valence-electron chi connectivity index (χ3n) is 2.83. The molecule has 0 spiro atoms. The zero-order chi connectivity index (χ0) is 16.3. The van der Waals surface area contributed by atoms with E-state index in [2.05, 4.69) is 12.2 Å². The maximum atomic E-state index is 11.7. The van der Waals surface area contributed by atoms with E-state index in [1.807, 2.05) is 0 Å². The van der Waals surface area contributed by atoms with Gasteiger partial charge in [-0.15, -0.1) is 0 Å². The number of hydrogen-bond acceptors (Lipinski definition) is 4. The van der Waals surface area contributed by atoms with Gasteiger partial charge in [-0.25, -0.2) is 9.59 Å². The van der Waals surface area contributed by atoms with Crippen LogP contribution < -0.4 is 5.32 Å². The van der Waals surface area contributed by atoms with Gasteiger partial charge in [0.25, 0.3) is 0 Å². The number of unbranched alkanes of at least 4 members (excludes halogenated alkanes) is 5. The molecule has 21 heavy (non-hydrogen) atoms. The molecule has 124 valence electrons. The first-order valence-electron chi connectivity index (χ1n) is 7.92. The van der Waals surface area contributed by atoms with Crippen LogP contribution in [-0.2, 0) is 14.3 Å². The summed E-state index contributed by atoms with van der Waals surface area (Å²) >= 11 is 0. The van der Waals surface area contributed by atoms with E-state index in [1.165, 1.54) is 25.7 Å². The van der Waals surface area contributed by atoms with Crippen molar-refractivity contribution < 1.29 is 19.1 Å². The lowest BCUT2D eigenvalue weighted by Gasteiger charge is -2.21. The largest absolute Gasteiger partial charge is 0.464 e. The molecule has 1 amide bonds. The van der Waals surface area contributed by atoms with Crippen molar-refractivity contribution in [3.8, 4) is 0 Å². The van der Waals surface area contributed by atoms with Gasteiger partial charge in [-0.2, -0.15) is 0 Å². The summed E-state index contributed by atoms with van der Waals surface area (Å²) in [5, 5.41) is 2.47. The predicted molar refractivity (Wildman–Crippen MR) is 83.2 cm³/mol. The van der Waals surface area contributed by atoms with Crippen LogP contribution in [0.2, 0.25) is 0 Å². The first kappa shape index (κ1) is 19.7. The normalized spacial score (nSPS) is 12.6. The molecule has 0 aliphatic rings. The van der Waals surface area contributed by atoms with Crippen LogP contribution in [0.1, 0.15) is 73.1 Å². The van der Waals surface area contributed by atoms with Crippen LogP contribution in [0.25, 0.3) is 0 Å². The molecule has 1 atom stereocenters. The molecule has 5 nitrogen and oxygen atoms in total. The molecule has 0 bridgehead atoms. The first-order valence-corrected chi connectivity index (χ1v) is 7.92. The zero-order valence-electron chi connectivity index (χ0n) is 14.2. The molecule has 5 heteroatoms. The SMILES string of the molecule is CCCCCCCCOC(=O)[C@H](C)NC(=O)OC(C)(C)C. The Kier molecular flexibility index (Phi) is 9.84. The van der Waals surface area contributed by atoms with E-state index < -0.39 is 23.7 Å². The second-order valence-corrected chi connectivity index (χ2v) is 6.30. The quantitative estimate of drug-likeness (QED) is 0.519. The van der Waals surface area contributed by atoms with Crippen molar-refractivity contribution in [3.05, 3.63) is 0 Å². The molecule has 0 aromatic heterocycles. The van der Waals surface area contributed by atoms with Gasteiger partial charge in [0, 0.05) is 0 Å². The monoisotopic (exact) mass is 301 g/mol. The molecule has 0 heterocycles. The number of ether oxygens (including phenoxy) is 2. The fraction of sp³-hybridized carbons (Fsp3) is 0.875. The third-order valence-corrected chi connectivity index (χ3v) is 2.83. The van der Waals surface area contributed by atoms with Gasteiger partial charge >= 0.3 is 12.1 Å². The van der Waals surface area contributed by atoms with E-state index in [9.17, 15) is 9.59 Å². The van der Waals surface area contributed by atoms with Crippen molar-refractivity contribution in [1.29, 1.82) is 0 Å². The minimum atomic E-state index is -0.694. The Hall–Kier alpha value is -1.26. The standard InChI is InChI=1S/C16H31NO4/c1-6-7-8-9-10-11-12-20-14(18)13(2)17-15(19)21-16(3,4)5/h13H,6-12H2,1-5H3,(H,17,19)/t13-/m0/s1. The number of esters is 1. The molecule has 0 aromatic carbocycles. The van der Waals surface area contributed by atoms with Crippen LogP contribution in [0.4, 0.5) is 4.79 Å². The second-order valence-electron chi connectivity index (χ2n) is 6.30. The molecule has 1 N–H and O–H groups in total. The van der Waals surface area contributed by atoms with E-state index in [0.29, 0.717) is 6.61 Å². The van der Waals surface area contributed by atoms with Crippen molar-refractivity contribution in [2.75, 3.05) is 6.61 Å². The molecule has 0 unspecified atom stereocenters. The predicted octanol–water partition coefficient (Wildman–Crippen LogP) is 3.80. The molecule has 0 saturated carbocycles. The van der Waals surface area contributed by atoms with Gasteiger partial charge in [0.15, 0.2) is 0 Å². The molecule has 0 aliphatic carbocycles. The first-order chi connectivity index (χ1) is 9.76. The molecule has 0 aliphatic heterocycles. The Labute approximate surface area is 128 Å². The molecular formula is C16H31NO4. The minimum absolute atomic E-state index is 0.408. The summed E-state index contributed by atoms with van der Waals surface area (Å²) in [4.78, 5) is 23.2. The van der Waals surface area contributed by atoms with Gasteiger partial charge in [-0.1, -0.05) is 39.0 Å². The number of rotatable bonds is 9. The van der Waals surface area contributed by atoms with E-state index in [-0.39, 0.29) is 0 Å². The van der Waals surface area contributed by atoms with Crippen molar-refractivity contribution >= 4 is 12.1 Å². The molecule has 0 saturated heterocycles. The van der Waals surface area contributed by atoms with Crippen molar-refractivity contribution in [2.24, 2.45) is 0 Å². The Morgan fingerprint density at radius 3 is 2.19 bits per heavy atom. The number of carbonyl (C=O) groups excluding carboxylic acids is 2. The lowest BCUT2D eigenvalue weighted by atomic mass is 10.1. The van der Waals surface area contributed by atoms with E-state index in [0.717, 1.165) is 12.8 Å². The highest BCUT2D eigenvalue weighted by molar-refractivity contribution is 5.80. The Balaban J connectivity index is 3.73. The summed E-state index contributed by atoms with van der Waals surface area (Å²) in [5.74, 6) is -0.422. The summed E-state index contributed by atoms with van der Waals surface area (Å²) in [6, 6.07) is -0.694. The minimum Gasteiger partial charge on any atom is -0.464 e. The van der Waals surface area contributed by atoms with Crippen LogP contribution >= 0.6 is 0 Å². The highest BCUT2D eigenvalue weighted by atomic mass is 16.6. The lowest BCUT2D eigenvalue weighted by molar-refractivity contribution is -0.145. The maximum absolute atomic E-state index is 11.7. The Morgan fingerprint density at radius 1 is 1.05 bits per heavy atom. The summed E-state index contributed by atoms with van der Waals surface area (Å²) in [7, 11) is 0. The highest BCUT2D eigenvalue weighted by Crippen LogP contribution is 2.07.